The Labute approximate surface area is 63.9 Å². The van der Waals surface area contributed by atoms with Crippen molar-refractivity contribution in [2.24, 2.45) is 0 Å². The number of carbonyl (C=O) groups excluding carboxylic acids is 1. The molecule has 0 amide bonds. The summed E-state index contributed by atoms with van der Waals surface area (Å²) in [5.41, 5.74) is 0. The molecule has 0 spiro atoms. The lowest BCUT2D eigenvalue weighted by molar-refractivity contribution is -0.220. The molecule has 1 N–H and O–H groups in total. The highest BCUT2D eigenvalue weighted by Gasteiger charge is 2.39. The van der Waals surface area contributed by atoms with E-state index in [2.05, 4.69) is 9.47 Å². The molecule has 0 aromatic heterocycles. The molecule has 11 heavy (non-hydrogen) atoms. The summed E-state index contributed by atoms with van der Waals surface area (Å²) in [7, 11) is 1.10. The first kappa shape index (κ1) is 10.1. The molecule has 0 rings (SSSR count). The second kappa shape index (κ2) is 4.05. The summed E-state index contributed by atoms with van der Waals surface area (Å²) in [4.78, 5) is 20.7. The first-order chi connectivity index (χ1) is 5.13. The molecule has 0 bridgehead atoms. The molecule has 5 heteroatoms. The van der Waals surface area contributed by atoms with Crippen molar-refractivity contribution in [3.63, 3.8) is 0 Å². The van der Waals surface area contributed by atoms with Crippen LogP contribution in [-0.2, 0) is 19.1 Å². The molecule has 0 radical (unpaired) electrons. The zero-order chi connectivity index (χ0) is 8.91. The van der Waals surface area contributed by atoms with Crippen LogP contribution >= 0.6 is 0 Å². The Morgan fingerprint density at radius 3 is 2.36 bits per heavy atom. The number of aldehydes is 1. The minimum absolute atomic E-state index is 0.0961. The average molecular weight is 162 g/mol. The molecule has 5 nitrogen and oxygen atoms in total. The largest absolute Gasteiger partial charge is 0.477 e. The van der Waals surface area contributed by atoms with Gasteiger partial charge in [0.05, 0.1) is 0 Å². The molecule has 0 aliphatic rings. The molecule has 0 fully saturated rings. The van der Waals surface area contributed by atoms with E-state index < -0.39 is 11.8 Å². The fourth-order valence-corrected chi connectivity index (χ4v) is 0.555. The first-order valence-corrected chi connectivity index (χ1v) is 3.01. The Balaban J connectivity index is 4.45. The van der Waals surface area contributed by atoms with Crippen LogP contribution in [0, 0.1) is 0 Å². The van der Waals surface area contributed by atoms with Crippen LogP contribution in [0.15, 0.2) is 0 Å². The van der Waals surface area contributed by atoms with E-state index in [-0.39, 0.29) is 12.9 Å². The van der Waals surface area contributed by atoms with Crippen molar-refractivity contribution in [2.75, 3.05) is 13.7 Å². The molecule has 0 aliphatic heterocycles. The monoisotopic (exact) mass is 162 g/mol. The van der Waals surface area contributed by atoms with E-state index in [1.165, 1.54) is 0 Å². The highest BCUT2D eigenvalue weighted by atomic mass is 16.7. The van der Waals surface area contributed by atoms with Crippen molar-refractivity contribution in [1.29, 1.82) is 0 Å². The van der Waals surface area contributed by atoms with Gasteiger partial charge in [-0.1, -0.05) is 0 Å². The van der Waals surface area contributed by atoms with Crippen LogP contribution in [0.25, 0.3) is 0 Å². The van der Waals surface area contributed by atoms with Gasteiger partial charge in [0.1, 0.15) is 0 Å². The second-order valence-electron chi connectivity index (χ2n) is 1.73. The minimum Gasteiger partial charge on any atom is -0.477 e. The van der Waals surface area contributed by atoms with Crippen LogP contribution in [-0.4, -0.2) is 36.9 Å². The minimum atomic E-state index is -2.13. The predicted octanol–water partition coefficient (Wildman–Crippen LogP) is -0.351. The third-order valence-electron chi connectivity index (χ3n) is 1.12. The van der Waals surface area contributed by atoms with Crippen molar-refractivity contribution in [3.8, 4) is 0 Å². The summed E-state index contributed by atoms with van der Waals surface area (Å²) in [5.74, 6) is -3.58. The van der Waals surface area contributed by atoms with Crippen molar-refractivity contribution >= 4 is 12.3 Å². The van der Waals surface area contributed by atoms with Gasteiger partial charge < -0.3 is 14.6 Å². The van der Waals surface area contributed by atoms with Crippen LogP contribution in [0.5, 0.6) is 0 Å². The number of methoxy groups -OCH3 is 1. The lowest BCUT2D eigenvalue weighted by Crippen LogP contribution is -2.45. The molecule has 0 saturated carbocycles. The van der Waals surface area contributed by atoms with Crippen LogP contribution in [0.1, 0.15) is 6.92 Å². The van der Waals surface area contributed by atoms with Crippen LogP contribution in [0.2, 0.25) is 0 Å². The van der Waals surface area contributed by atoms with Crippen molar-refractivity contribution in [3.05, 3.63) is 0 Å². The molecular weight excluding hydrogens is 152 g/mol. The normalized spacial score (nSPS) is 15.5. The second-order valence-corrected chi connectivity index (χ2v) is 1.73. The van der Waals surface area contributed by atoms with Crippen LogP contribution < -0.4 is 0 Å². The Hall–Kier alpha value is -0.940. The third-order valence-corrected chi connectivity index (χ3v) is 1.12. The average Bonchev–Trinajstić information content (AvgIpc) is 2.00. The first-order valence-electron chi connectivity index (χ1n) is 3.01. The Bertz CT molecular complexity index is 155. The van der Waals surface area contributed by atoms with Gasteiger partial charge in [0, 0.05) is 13.7 Å². The van der Waals surface area contributed by atoms with Crippen molar-refractivity contribution in [1.82, 2.24) is 0 Å². The fourth-order valence-electron chi connectivity index (χ4n) is 0.555. The van der Waals surface area contributed by atoms with Crippen LogP contribution in [0.3, 0.4) is 0 Å². The van der Waals surface area contributed by atoms with Crippen molar-refractivity contribution in [2.45, 2.75) is 12.7 Å². The summed E-state index contributed by atoms with van der Waals surface area (Å²) in [6.45, 7) is 1.67. The summed E-state index contributed by atoms with van der Waals surface area (Å²) in [6, 6.07) is 0. The van der Waals surface area contributed by atoms with Gasteiger partial charge in [0.25, 0.3) is 0 Å². The maximum atomic E-state index is 10.4. The van der Waals surface area contributed by atoms with Crippen molar-refractivity contribution < 1.29 is 24.2 Å². The number of carboxylic acid groups (broad SMARTS) is 1. The smallest absolute Gasteiger partial charge is 0.372 e. The predicted molar refractivity (Wildman–Crippen MR) is 35.1 cm³/mol. The number of carboxylic acids is 1. The highest BCUT2D eigenvalue weighted by molar-refractivity contribution is 5.93. The third kappa shape index (κ3) is 1.99. The Morgan fingerprint density at radius 2 is 2.27 bits per heavy atom. The van der Waals surface area contributed by atoms with E-state index in [0.29, 0.717) is 0 Å². The standard InChI is InChI=1S/C6H10O5/c1-3-11-6(4-7,10-2)5(8)9/h4H,3H2,1-2H3,(H,8,9). The van der Waals surface area contributed by atoms with Crippen LogP contribution in [0.4, 0.5) is 0 Å². The molecule has 0 aliphatic carbocycles. The van der Waals surface area contributed by atoms with E-state index >= 15 is 0 Å². The fraction of sp³-hybridized carbons (Fsp3) is 0.667. The van der Waals surface area contributed by atoms with Gasteiger partial charge in [-0.15, -0.1) is 0 Å². The van der Waals surface area contributed by atoms with E-state index in [4.69, 9.17) is 5.11 Å². The summed E-state index contributed by atoms with van der Waals surface area (Å²) in [5, 5.41) is 8.47. The van der Waals surface area contributed by atoms with E-state index in [9.17, 15) is 9.59 Å². The van der Waals surface area contributed by atoms with Gasteiger partial charge in [-0.25, -0.2) is 4.79 Å². The van der Waals surface area contributed by atoms with Gasteiger partial charge in [-0.05, 0) is 6.92 Å². The van der Waals surface area contributed by atoms with Gasteiger partial charge in [0.2, 0.25) is 0 Å². The molecule has 0 aromatic carbocycles. The number of rotatable bonds is 5. The van der Waals surface area contributed by atoms with Gasteiger partial charge in [-0.3, -0.25) is 4.79 Å². The molecule has 0 saturated heterocycles. The lowest BCUT2D eigenvalue weighted by atomic mass is 10.3. The molecule has 64 valence electrons. The summed E-state index contributed by atoms with van der Waals surface area (Å²) >= 11 is 0. The molecule has 1 unspecified atom stereocenters. The number of hydrogen-bond acceptors (Lipinski definition) is 4. The Morgan fingerprint density at radius 1 is 1.73 bits per heavy atom. The Kier molecular flexibility index (Phi) is 3.70. The van der Waals surface area contributed by atoms with E-state index in [1.54, 1.807) is 6.92 Å². The maximum absolute atomic E-state index is 10.4. The lowest BCUT2D eigenvalue weighted by Gasteiger charge is -2.20. The van der Waals surface area contributed by atoms with E-state index in [0.717, 1.165) is 7.11 Å². The van der Waals surface area contributed by atoms with Gasteiger partial charge >= 0.3 is 11.8 Å². The zero-order valence-corrected chi connectivity index (χ0v) is 6.36. The molecular formula is C6H10O5. The molecule has 0 aromatic rings. The highest BCUT2D eigenvalue weighted by Crippen LogP contribution is 2.08. The number of carbonyl (C=O) groups is 2. The number of aliphatic carboxylic acids is 1. The van der Waals surface area contributed by atoms with Gasteiger partial charge in [0.15, 0.2) is 6.29 Å². The zero-order valence-electron chi connectivity index (χ0n) is 6.36. The SMILES string of the molecule is CCOC(C=O)(OC)C(=O)O. The van der Waals surface area contributed by atoms with Gasteiger partial charge in [-0.2, -0.15) is 0 Å². The van der Waals surface area contributed by atoms with E-state index in [1.807, 2.05) is 0 Å². The molecule has 0 heterocycles. The number of hydrogen-bond donors (Lipinski definition) is 1. The summed E-state index contributed by atoms with van der Waals surface area (Å²) < 4.78 is 9.00. The topological polar surface area (TPSA) is 72.8 Å². The number of ether oxygens (including phenoxy) is 2. The quantitative estimate of drug-likeness (QED) is 0.340. The molecule has 1 atom stereocenters. The maximum Gasteiger partial charge on any atom is 0.372 e. The summed E-state index contributed by atoms with van der Waals surface area (Å²) in [6.07, 6.45) is 0.110.